The predicted molar refractivity (Wildman–Crippen MR) is 264 cm³/mol. The predicted octanol–water partition coefficient (Wildman–Crippen LogP) is 16.3. The molecule has 0 radical (unpaired) electrons. The van der Waals surface area contributed by atoms with E-state index in [-0.39, 0.29) is 18.5 Å². The molecule has 360 valence electrons. The van der Waals surface area contributed by atoms with Gasteiger partial charge in [-0.05, 0) is 57.8 Å². The van der Waals surface area contributed by atoms with Gasteiger partial charge < -0.3 is 20.3 Å². The minimum Gasteiger partial charge on any atom is -0.466 e. The van der Waals surface area contributed by atoms with Crippen LogP contribution < -0.4 is 5.32 Å². The van der Waals surface area contributed by atoms with Crippen molar-refractivity contribution < 1.29 is 24.5 Å². The average molecular weight is 860 g/mol. The topological polar surface area (TPSA) is 95.9 Å². The van der Waals surface area contributed by atoms with Crippen LogP contribution in [0.25, 0.3) is 0 Å². The summed E-state index contributed by atoms with van der Waals surface area (Å²) in [6.07, 6.45) is 60.6. The number of rotatable bonds is 50. The zero-order valence-corrected chi connectivity index (χ0v) is 40.9. The van der Waals surface area contributed by atoms with Gasteiger partial charge >= 0.3 is 5.97 Å². The van der Waals surface area contributed by atoms with E-state index in [2.05, 4.69) is 31.3 Å². The van der Waals surface area contributed by atoms with E-state index < -0.39 is 12.1 Å². The zero-order valence-electron chi connectivity index (χ0n) is 40.9. The monoisotopic (exact) mass is 860 g/mol. The molecule has 3 N–H and O–H groups in total. The number of aliphatic hydroxyl groups excluding tert-OH is 2. The lowest BCUT2D eigenvalue weighted by molar-refractivity contribution is -0.143. The van der Waals surface area contributed by atoms with E-state index in [1.54, 1.807) is 6.08 Å². The van der Waals surface area contributed by atoms with Crippen LogP contribution in [-0.2, 0) is 14.3 Å². The molecule has 0 aliphatic carbocycles. The van der Waals surface area contributed by atoms with Crippen LogP contribution >= 0.6 is 0 Å². The number of hydrogen-bond acceptors (Lipinski definition) is 5. The van der Waals surface area contributed by atoms with Gasteiger partial charge in [-0.2, -0.15) is 0 Å². The van der Waals surface area contributed by atoms with Crippen LogP contribution in [0.5, 0.6) is 0 Å². The molecule has 0 saturated carbocycles. The highest BCUT2D eigenvalue weighted by molar-refractivity contribution is 5.76. The van der Waals surface area contributed by atoms with Gasteiger partial charge in [0.05, 0.1) is 25.4 Å². The van der Waals surface area contributed by atoms with E-state index >= 15 is 0 Å². The number of hydrogen-bond donors (Lipinski definition) is 3. The van der Waals surface area contributed by atoms with Gasteiger partial charge in [0.25, 0.3) is 0 Å². The summed E-state index contributed by atoms with van der Waals surface area (Å²) in [7, 11) is 0. The van der Waals surface area contributed by atoms with Crippen molar-refractivity contribution in [1.82, 2.24) is 5.32 Å². The molecule has 0 spiro atoms. The summed E-state index contributed by atoms with van der Waals surface area (Å²) in [4.78, 5) is 24.4. The summed E-state index contributed by atoms with van der Waals surface area (Å²) in [5.41, 5.74) is 0. The van der Waals surface area contributed by atoms with E-state index in [4.69, 9.17) is 4.74 Å². The number of nitrogens with one attached hydrogen (secondary N) is 1. The highest BCUT2D eigenvalue weighted by atomic mass is 16.5. The Kier molecular flexibility index (Phi) is 49.6. The Hall–Kier alpha value is -1.66. The van der Waals surface area contributed by atoms with Crippen molar-refractivity contribution >= 4 is 11.9 Å². The Bertz CT molecular complexity index is 951. The molecule has 61 heavy (non-hydrogen) atoms. The fraction of sp³-hybridized carbons (Fsp3) is 0.891. The van der Waals surface area contributed by atoms with Crippen molar-refractivity contribution in [2.75, 3.05) is 13.2 Å². The lowest BCUT2D eigenvalue weighted by atomic mass is 10.0. The number of unbranched alkanes of at least 4 members (excludes halogenated alkanes) is 37. The molecule has 0 aromatic heterocycles. The van der Waals surface area contributed by atoms with Crippen LogP contribution in [0.1, 0.15) is 290 Å². The van der Waals surface area contributed by atoms with Crippen LogP contribution in [0.2, 0.25) is 0 Å². The van der Waals surface area contributed by atoms with Gasteiger partial charge in [-0.3, -0.25) is 9.59 Å². The van der Waals surface area contributed by atoms with E-state index in [1.165, 1.54) is 205 Å². The second kappa shape index (κ2) is 51.0. The number of aliphatic hydroxyl groups is 2. The molecule has 2 unspecified atom stereocenters. The third-order valence-electron chi connectivity index (χ3n) is 12.5. The standard InChI is InChI=1S/C55H105NO5/c1-3-5-7-9-11-13-14-15-16-17-20-23-26-29-33-37-41-45-49-55(60)61-50-46-42-38-34-30-27-24-21-18-19-22-25-28-32-36-40-44-48-54(59)56-52(51-57)53(58)47-43-39-35-31-12-10-8-6-4-2/h18,21,43,47,52-53,57-58H,3-17,19-20,22-42,44-46,48-51H2,1-2H3,(H,56,59)/b21-18-,47-43+. The maximum Gasteiger partial charge on any atom is 0.305 e. The van der Waals surface area contributed by atoms with Crippen LogP contribution in [0, 0.1) is 0 Å². The molecule has 0 fully saturated rings. The van der Waals surface area contributed by atoms with Gasteiger partial charge in [-0.15, -0.1) is 0 Å². The molecule has 0 aliphatic rings. The van der Waals surface area contributed by atoms with Crippen molar-refractivity contribution in [3.05, 3.63) is 24.3 Å². The minimum atomic E-state index is -0.849. The first-order valence-corrected chi connectivity index (χ1v) is 27.1. The molecule has 6 nitrogen and oxygen atoms in total. The van der Waals surface area contributed by atoms with Crippen molar-refractivity contribution in [3.63, 3.8) is 0 Å². The smallest absolute Gasteiger partial charge is 0.305 e. The molecule has 0 rings (SSSR count). The third kappa shape index (κ3) is 47.7. The highest BCUT2D eigenvalue weighted by Crippen LogP contribution is 2.16. The van der Waals surface area contributed by atoms with Crippen LogP contribution in [-0.4, -0.2) is 47.4 Å². The number of esters is 1. The maximum absolute atomic E-state index is 12.4. The molecular formula is C55H105NO5. The van der Waals surface area contributed by atoms with Gasteiger partial charge in [0.15, 0.2) is 0 Å². The largest absolute Gasteiger partial charge is 0.466 e. The van der Waals surface area contributed by atoms with E-state index in [9.17, 15) is 19.8 Å². The van der Waals surface area contributed by atoms with Crippen molar-refractivity contribution in [1.29, 1.82) is 0 Å². The van der Waals surface area contributed by atoms with Gasteiger partial charge in [0, 0.05) is 12.8 Å². The Morgan fingerprint density at radius 2 is 0.770 bits per heavy atom. The molecule has 0 saturated heterocycles. The molecule has 0 bridgehead atoms. The number of carbonyl (C=O) groups is 2. The molecule has 2 atom stereocenters. The first-order chi connectivity index (χ1) is 30.0. The lowest BCUT2D eigenvalue weighted by Gasteiger charge is -2.20. The lowest BCUT2D eigenvalue weighted by Crippen LogP contribution is -2.45. The first-order valence-electron chi connectivity index (χ1n) is 27.1. The number of allylic oxidation sites excluding steroid dienone is 3. The Labute approximate surface area is 380 Å². The SMILES string of the molecule is CCCCCCCCC/C=C/C(O)C(CO)NC(=O)CCCCCCCCC/C=C\CCCCCCCCOC(=O)CCCCCCCCCCCCCCCCCCCC. The number of carbonyl (C=O) groups excluding carboxylic acids is 2. The number of ether oxygens (including phenoxy) is 1. The van der Waals surface area contributed by atoms with Crippen LogP contribution in [0.4, 0.5) is 0 Å². The third-order valence-corrected chi connectivity index (χ3v) is 12.5. The van der Waals surface area contributed by atoms with Crippen molar-refractivity contribution in [3.8, 4) is 0 Å². The molecule has 0 aliphatic heterocycles. The average Bonchev–Trinajstić information content (AvgIpc) is 3.26. The maximum atomic E-state index is 12.4. The Morgan fingerprint density at radius 1 is 0.443 bits per heavy atom. The summed E-state index contributed by atoms with van der Waals surface area (Å²) in [5.74, 6) is -0.0815. The molecule has 6 heteroatoms. The van der Waals surface area contributed by atoms with Crippen molar-refractivity contribution in [2.45, 2.75) is 302 Å². The fourth-order valence-corrected chi connectivity index (χ4v) is 8.27. The molecule has 0 aromatic rings. The Balaban J connectivity index is 3.42. The summed E-state index contributed by atoms with van der Waals surface area (Å²) >= 11 is 0. The van der Waals surface area contributed by atoms with E-state index in [0.29, 0.717) is 19.4 Å². The quantitative estimate of drug-likeness (QED) is 0.0322. The van der Waals surface area contributed by atoms with Gasteiger partial charge in [0.2, 0.25) is 5.91 Å². The summed E-state index contributed by atoms with van der Waals surface area (Å²) in [6.45, 7) is 4.86. The van der Waals surface area contributed by atoms with E-state index in [1.807, 2.05) is 6.08 Å². The summed E-state index contributed by atoms with van der Waals surface area (Å²) < 4.78 is 5.48. The fourth-order valence-electron chi connectivity index (χ4n) is 8.27. The highest BCUT2D eigenvalue weighted by Gasteiger charge is 2.18. The van der Waals surface area contributed by atoms with Gasteiger partial charge in [-0.25, -0.2) is 0 Å². The molecule has 1 amide bonds. The van der Waals surface area contributed by atoms with Crippen molar-refractivity contribution in [2.24, 2.45) is 0 Å². The minimum absolute atomic E-state index is 0.00113. The zero-order chi connectivity index (χ0) is 44.4. The molecule has 0 aromatic carbocycles. The molecule has 0 heterocycles. The molecular weight excluding hydrogens is 755 g/mol. The van der Waals surface area contributed by atoms with E-state index in [0.717, 1.165) is 57.8 Å². The summed E-state index contributed by atoms with van der Waals surface area (Å²) in [6, 6.07) is -0.634. The second-order valence-corrected chi connectivity index (χ2v) is 18.6. The second-order valence-electron chi connectivity index (χ2n) is 18.6. The van der Waals surface area contributed by atoms with Gasteiger partial charge in [0.1, 0.15) is 0 Å². The van der Waals surface area contributed by atoms with Gasteiger partial charge in [-0.1, -0.05) is 244 Å². The number of amides is 1. The first kappa shape index (κ1) is 59.3. The Morgan fingerprint density at radius 3 is 1.16 bits per heavy atom. The summed E-state index contributed by atoms with van der Waals surface area (Å²) in [5, 5.41) is 22.9. The van der Waals surface area contributed by atoms with Crippen LogP contribution in [0.15, 0.2) is 24.3 Å². The van der Waals surface area contributed by atoms with Crippen LogP contribution in [0.3, 0.4) is 0 Å². The normalized spacial score (nSPS) is 12.8.